The third-order valence-electron chi connectivity index (χ3n) is 2.37. The molecule has 0 amide bonds. The lowest BCUT2D eigenvalue weighted by atomic mass is 10.2. The normalized spacial score (nSPS) is 10.4. The monoisotopic (exact) mass is 187 g/mol. The molecule has 1 N–H and O–H groups in total. The summed E-state index contributed by atoms with van der Waals surface area (Å²) in [5, 5.41) is 9.14. The number of aromatic nitrogens is 1. The van der Waals surface area contributed by atoms with E-state index >= 15 is 0 Å². The van der Waals surface area contributed by atoms with E-state index < -0.39 is 0 Å². The first-order chi connectivity index (χ1) is 6.83. The van der Waals surface area contributed by atoms with Gasteiger partial charge < -0.3 is 9.67 Å². The Morgan fingerprint density at radius 2 is 1.93 bits per heavy atom. The summed E-state index contributed by atoms with van der Waals surface area (Å²) in [6, 6.07) is 12.0. The van der Waals surface area contributed by atoms with Crippen molar-refractivity contribution in [3.8, 4) is 5.69 Å². The van der Waals surface area contributed by atoms with Crippen molar-refractivity contribution >= 4 is 0 Å². The van der Waals surface area contributed by atoms with E-state index in [1.165, 1.54) is 5.56 Å². The van der Waals surface area contributed by atoms with Crippen LogP contribution in [0.2, 0.25) is 0 Å². The van der Waals surface area contributed by atoms with Crippen molar-refractivity contribution in [3.05, 3.63) is 53.9 Å². The molecule has 0 aliphatic carbocycles. The van der Waals surface area contributed by atoms with Crippen LogP contribution in [0.4, 0.5) is 0 Å². The van der Waals surface area contributed by atoms with E-state index in [2.05, 4.69) is 19.1 Å². The maximum Gasteiger partial charge on any atom is 0.0836 e. The second kappa shape index (κ2) is 3.68. The zero-order valence-corrected chi connectivity index (χ0v) is 8.14. The number of para-hydroxylation sites is 1. The Morgan fingerprint density at radius 3 is 2.64 bits per heavy atom. The van der Waals surface area contributed by atoms with E-state index in [4.69, 9.17) is 5.11 Å². The molecular weight excluding hydrogens is 174 g/mol. The highest BCUT2D eigenvalue weighted by molar-refractivity contribution is 5.42. The number of rotatable bonds is 2. The van der Waals surface area contributed by atoms with Crippen LogP contribution in [-0.4, -0.2) is 9.67 Å². The first kappa shape index (κ1) is 9.03. The largest absolute Gasteiger partial charge is 0.390 e. The van der Waals surface area contributed by atoms with Crippen LogP contribution in [0.1, 0.15) is 11.3 Å². The van der Waals surface area contributed by atoms with E-state index in [1.54, 1.807) is 0 Å². The summed E-state index contributed by atoms with van der Waals surface area (Å²) >= 11 is 0. The van der Waals surface area contributed by atoms with Crippen molar-refractivity contribution in [3.63, 3.8) is 0 Å². The average Bonchev–Trinajstić information content (AvgIpc) is 2.66. The van der Waals surface area contributed by atoms with Gasteiger partial charge >= 0.3 is 0 Å². The molecule has 1 heterocycles. The van der Waals surface area contributed by atoms with Crippen molar-refractivity contribution < 1.29 is 5.11 Å². The van der Waals surface area contributed by atoms with E-state index in [9.17, 15) is 0 Å². The van der Waals surface area contributed by atoms with Gasteiger partial charge in [0.2, 0.25) is 0 Å². The zero-order valence-electron chi connectivity index (χ0n) is 8.14. The molecule has 0 bridgehead atoms. The molecule has 0 unspecified atom stereocenters. The molecule has 2 nitrogen and oxygen atoms in total. The van der Waals surface area contributed by atoms with Gasteiger partial charge in [0.1, 0.15) is 0 Å². The first-order valence-corrected chi connectivity index (χ1v) is 4.66. The van der Waals surface area contributed by atoms with Crippen LogP contribution in [0.5, 0.6) is 0 Å². The number of aliphatic hydroxyl groups excluding tert-OH is 1. The highest BCUT2D eigenvalue weighted by Gasteiger charge is 2.03. The smallest absolute Gasteiger partial charge is 0.0836 e. The Balaban J connectivity index is 2.54. The third-order valence-corrected chi connectivity index (χ3v) is 2.37. The number of nitrogens with zero attached hydrogens (tertiary/aromatic N) is 1. The average molecular weight is 187 g/mol. The minimum atomic E-state index is 0.0708. The SMILES string of the molecule is Cc1ccccc1-n1cccc1CO. The first-order valence-electron chi connectivity index (χ1n) is 4.66. The predicted octanol–water partition coefficient (Wildman–Crippen LogP) is 2.28. The van der Waals surface area contributed by atoms with Gasteiger partial charge in [0.15, 0.2) is 0 Å². The summed E-state index contributed by atoms with van der Waals surface area (Å²) in [5.41, 5.74) is 3.25. The van der Waals surface area contributed by atoms with E-state index in [0.717, 1.165) is 11.4 Å². The number of aryl methyl sites for hydroxylation is 1. The van der Waals surface area contributed by atoms with Gasteiger partial charge in [-0.15, -0.1) is 0 Å². The molecular formula is C12H13NO. The van der Waals surface area contributed by atoms with Gasteiger partial charge in [-0.1, -0.05) is 18.2 Å². The number of hydrogen-bond donors (Lipinski definition) is 1. The van der Waals surface area contributed by atoms with Crippen LogP contribution in [0.15, 0.2) is 42.6 Å². The van der Waals surface area contributed by atoms with E-state index in [0.29, 0.717) is 0 Å². The van der Waals surface area contributed by atoms with Crippen LogP contribution in [0.3, 0.4) is 0 Å². The van der Waals surface area contributed by atoms with Crippen LogP contribution >= 0.6 is 0 Å². The Labute approximate surface area is 83.4 Å². The Kier molecular flexibility index (Phi) is 2.37. The predicted molar refractivity (Wildman–Crippen MR) is 56.4 cm³/mol. The van der Waals surface area contributed by atoms with E-state index in [1.807, 2.05) is 35.0 Å². The Hall–Kier alpha value is -1.54. The van der Waals surface area contributed by atoms with Crippen molar-refractivity contribution in [2.75, 3.05) is 0 Å². The highest BCUT2D eigenvalue weighted by atomic mass is 16.3. The molecule has 0 saturated carbocycles. The molecule has 0 saturated heterocycles. The van der Waals surface area contributed by atoms with Gasteiger partial charge in [-0.2, -0.15) is 0 Å². The molecule has 1 aromatic carbocycles. The van der Waals surface area contributed by atoms with Crippen molar-refractivity contribution in [1.82, 2.24) is 4.57 Å². The Morgan fingerprint density at radius 1 is 1.14 bits per heavy atom. The lowest BCUT2D eigenvalue weighted by Gasteiger charge is -2.09. The number of aliphatic hydroxyl groups is 1. The van der Waals surface area contributed by atoms with Crippen LogP contribution in [0, 0.1) is 6.92 Å². The standard InChI is InChI=1S/C12H13NO/c1-10-5-2-3-7-12(10)13-8-4-6-11(13)9-14/h2-8,14H,9H2,1H3. The van der Waals surface area contributed by atoms with Gasteiger partial charge in [0, 0.05) is 17.6 Å². The second-order valence-corrected chi connectivity index (χ2v) is 3.31. The van der Waals surface area contributed by atoms with Crippen molar-refractivity contribution in [2.24, 2.45) is 0 Å². The van der Waals surface area contributed by atoms with Crippen LogP contribution in [0.25, 0.3) is 5.69 Å². The van der Waals surface area contributed by atoms with E-state index in [-0.39, 0.29) is 6.61 Å². The lowest BCUT2D eigenvalue weighted by Crippen LogP contribution is -2.00. The minimum absolute atomic E-state index is 0.0708. The molecule has 2 rings (SSSR count). The van der Waals surface area contributed by atoms with Gasteiger partial charge in [-0.3, -0.25) is 0 Å². The summed E-state index contributed by atoms with van der Waals surface area (Å²) in [4.78, 5) is 0. The van der Waals surface area contributed by atoms with Crippen LogP contribution in [-0.2, 0) is 6.61 Å². The van der Waals surface area contributed by atoms with Gasteiger partial charge in [-0.05, 0) is 30.7 Å². The quantitative estimate of drug-likeness (QED) is 0.766. The maximum atomic E-state index is 9.14. The summed E-state index contributed by atoms with van der Waals surface area (Å²) < 4.78 is 2.01. The van der Waals surface area contributed by atoms with Crippen molar-refractivity contribution in [2.45, 2.75) is 13.5 Å². The highest BCUT2D eigenvalue weighted by Crippen LogP contribution is 2.16. The fraction of sp³-hybridized carbons (Fsp3) is 0.167. The Bertz CT molecular complexity index is 431. The zero-order chi connectivity index (χ0) is 9.97. The molecule has 0 atom stereocenters. The lowest BCUT2D eigenvalue weighted by molar-refractivity contribution is 0.274. The molecule has 1 aromatic heterocycles. The molecule has 0 aliphatic rings. The summed E-state index contributed by atoms with van der Waals surface area (Å²) in [6.45, 7) is 2.14. The van der Waals surface area contributed by atoms with Gasteiger partial charge in [-0.25, -0.2) is 0 Å². The molecule has 0 radical (unpaired) electrons. The van der Waals surface area contributed by atoms with Gasteiger partial charge in [0.05, 0.1) is 6.61 Å². The molecule has 0 spiro atoms. The van der Waals surface area contributed by atoms with Gasteiger partial charge in [0.25, 0.3) is 0 Å². The molecule has 72 valence electrons. The van der Waals surface area contributed by atoms with Crippen molar-refractivity contribution in [1.29, 1.82) is 0 Å². The molecule has 2 heteroatoms. The summed E-state index contributed by atoms with van der Waals surface area (Å²) in [5.74, 6) is 0. The molecule has 0 aliphatic heterocycles. The minimum Gasteiger partial charge on any atom is -0.390 e. The summed E-state index contributed by atoms with van der Waals surface area (Å²) in [7, 11) is 0. The fourth-order valence-electron chi connectivity index (χ4n) is 1.61. The third kappa shape index (κ3) is 1.44. The van der Waals surface area contributed by atoms with Crippen LogP contribution < -0.4 is 0 Å². The fourth-order valence-corrected chi connectivity index (χ4v) is 1.61. The number of hydrogen-bond acceptors (Lipinski definition) is 1. The number of benzene rings is 1. The molecule has 0 fully saturated rings. The molecule has 14 heavy (non-hydrogen) atoms. The molecule has 2 aromatic rings. The second-order valence-electron chi connectivity index (χ2n) is 3.31. The summed E-state index contributed by atoms with van der Waals surface area (Å²) in [6.07, 6.45) is 1.97. The maximum absolute atomic E-state index is 9.14. The topological polar surface area (TPSA) is 25.2 Å².